The van der Waals surface area contributed by atoms with Crippen LogP contribution in [0.4, 0.5) is 0 Å². The smallest absolute Gasteiger partial charge is 0.0522 e. The average Bonchev–Trinajstić information content (AvgIpc) is 2.27. The van der Waals surface area contributed by atoms with Gasteiger partial charge in [0, 0.05) is 13.0 Å². The molecule has 0 heterocycles. The summed E-state index contributed by atoms with van der Waals surface area (Å²) in [7, 11) is 1.76. The topological polar surface area (TPSA) is 9.23 Å². The van der Waals surface area contributed by atoms with Crippen molar-refractivity contribution in [1.29, 1.82) is 0 Å². The number of allylic oxidation sites excluding steroid dienone is 1. The Morgan fingerprint density at radius 1 is 1.40 bits per heavy atom. The summed E-state index contributed by atoms with van der Waals surface area (Å²) in [6, 6.07) is 0. The van der Waals surface area contributed by atoms with Gasteiger partial charge in [-0.3, -0.25) is 0 Å². The van der Waals surface area contributed by atoms with E-state index in [4.69, 9.17) is 16.3 Å². The standard InChI is InChI=1S/C13H23ClO/c1-11(10-15-2)8-13(9-14)12-6-4-3-5-7-12/h8,11-12H,3-7,9-10H2,1-2H3/b13-8-. The molecule has 0 radical (unpaired) electrons. The number of hydrogen-bond donors (Lipinski definition) is 0. The molecule has 1 aliphatic rings. The molecule has 1 nitrogen and oxygen atoms in total. The van der Waals surface area contributed by atoms with Crippen molar-refractivity contribution in [2.75, 3.05) is 19.6 Å². The number of halogens is 1. The highest BCUT2D eigenvalue weighted by Gasteiger charge is 2.17. The molecule has 1 saturated carbocycles. The zero-order valence-corrected chi connectivity index (χ0v) is 10.7. The average molecular weight is 231 g/mol. The lowest BCUT2D eigenvalue weighted by Crippen LogP contribution is -2.12. The lowest BCUT2D eigenvalue weighted by atomic mass is 9.83. The molecule has 1 aliphatic carbocycles. The molecule has 1 rings (SSSR count). The Kier molecular flexibility index (Phi) is 6.35. The summed E-state index contributed by atoms with van der Waals surface area (Å²) in [5.74, 6) is 1.93. The predicted octanol–water partition coefficient (Wildman–Crippen LogP) is 4.01. The van der Waals surface area contributed by atoms with Gasteiger partial charge in [0.1, 0.15) is 0 Å². The molecular weight excluding hydrogens is 208 g/mol. The zero-order chi connectivity index (χ0) is 11.1. The van der Waals surface area contributed by atoms with Gasteiger partial charge in [0.15, 0.2) is 0 Å². The molecule has 0 N–H and O–H groups in total. The number of ether oxygens (including phenoxy) is 1. The Bertz CT molecular complexity index is 195. The molecule has 2 heteroatoms. The molecule has 1 atom stereocenters. The minimum Gasteiger partial charge on any atom is -0.384 e. The molecule has 0 bridgehead atoms. The highest BCUT2D eigenvalue weighted by Crippen LogP contribution is 2.30. The molecule has 0 aromatic carbocycles. The minimum absolute atomic E-state index is 0.491. The fourth-order valence-corrected chi connectivity index (χ4v) is 2.75. The van der Waals surface area contributed by atoms with Crippen LogP contribution in [0.3, 0.4) is 0 Å². The molecule has 15 heavy (non-hydrogen) atoms. The second-order valence-corrected chi connectivity index (χ2v) is 4.91. The van der Waals surface area contributed by atoms with Crippen LogP contribution in [-0.2, 0) is 4.74 Å². The Balaban J connectivity index is 2.51. The van der Waals surface area contributed by atoms with Gasteiger partial charge >= 0.3 is 0 Å². The van der Waals surface area contributed by atoms with Gasteiger partial charge in [-0.25, -0.2) is 0 Å². The number of methoxy groups -OCH3 is 1. The van der Waals surface area contributed by atoms with Crippen LogP contribution < -0.4 is 0 Å². The second-order valence-electron chi connectivity index (χ2n) is 4.64. The Morgan fingerprint density at radius 3 is 2.60 bits per heavy atom. The van der Waals surface area contributed by atoms with E-state index in [-0.39, 0.29) is 0 Å². The van der Waals surface area contributed by atoms with E-state index < -0.39 is 0 Å². The van der Waals surface area contributed by atoms with Crippen LogP contribution >= 0.6 is 11.6 Å². The highest BCUT2D eigenvalue weighted by atomic mass is 35.5. The summed E-state index contributed by atoms with van der Waals surface area (Å²) < 4.78 is 5.15. The van der Waals surface area contributed by atoms with Crippen LogP contribution in [0.5, 0.6) is 0 Å². The van der Waals surface area contributed by atoms with Crippen molar-refractivity contribution in [3.8, 4) is 0 Å². The Labute approximate surface area is 98.8 Å². The van der Waals surface area contributed by atoms with Gasteiger partial charge in [0.2, 0.25) is 0 Å². The molecule has 0 saturated heterocycles. The van der Waals surface area contributed by atoms with E-state index in [9.17, 15) is 0 Å². The van der Waals surface area contributed by atoms with Gasteiger partial charge in [0.05, 0.1) is 6.61 Å². The van der Waals surface area contributed by atoms with Gasteiger partial charge in [0.25, 0.3) is 0 Å². The van der Waals surface area contributed by atoms with Gasteiger partial charge in [-0.2, -0.15) is 0 Å². The lowest BCUT2D eigenvalue weighted by Gasteiger charge is -2.24. The molecule has 0 spiro atoms. The van der Waals surface area contributed by atoms with Crippen molar-refractivity contribution in [1.82, 2.24) is 0 Å². The van der Waals surface area contributed by atoms with E-state index in [1.807, 2.05) is 0 Å². The quantitative estimate of drug-likeness (QED) is 0.512. The first-order chi connectivity index (χ1) is 7.27. The zero-order valence-electron chi connectivity index (χ0n) is 9.97. The summed E-state index contributed by atoms with van der Waals surface area (Å²) in [6.45, 7) is 2.99. The van der Waals surface area contributed by atoms with Crippen LogP contribution in [0.2, 0.25) is 0 Å². The van der Waals surface area contributed by atoms with Crippen LogP contribution in [-0.4, -0.2) is 19.6 Å². The first-order valence-corrected chi connectivity index (χ1v) is 6.57. The van der Waals surface area contributed by atoms with Gasteiger partial charge in [-0.1, -0.05) is 37.8 Å². The molecule has 0 amide bonds. The van der Waals surface area contributed by atoms with E-state index in [1.54, 1.807) is 7.11 Å². The van der Waals surface area contributed by atoms with Crippen molar-refractivity contribution >= 4 is 11.6 Å². The summed E-state index contributed by atoms with van der Waals surface area (Å²) in [6.07, 6.45) is 9.14. The van der Waals surface area contributed by atoms with E-state index >= 15 is 0 Å². The predicted molar refractivity (Wildman–Crippen MR) is 66.4 cm³/mol. The lowest BCUT2D eigenvalue weighted by molar-refractivity contribution is 0.175. The SMILES string of the molecule is COCC(C)/C=C(/CCl)C1CCCCC1. The van der Waals surface area contributed by atoms with Crippen LogP contribution in [0.1, 0.15) is 39.0 Å². The summed E-state index contributed by atoms with van der Waals surface area (Å²) >= 11 is 6.04. The summed E-state index contributed by atoms with van der Waals surface area (Å²) in [5.41, 5.74) is 1.45. The van der Waals surface area contributed by atoms with Gasteiger partial charge in [-0.05, 0) is 24.7 Å². The maximum Gasteiger partial charge on any atom is 0.0522 e. The number of rotatable bonds is 5. The molecule has 0 aromatic heterocycles. The maximum atomic E-state index is 6.04. The van der Waals surface area contributed by atoms with E-state index in [2.05, 4.69) is 13.0 Å². The van der Waals surface area contributed by atoms with Crippen LogP contribution in [0, 0.1) is 11.8 Å². The molecule has 1 fully saturated rings. The van der Waals surface area contributed by atoms with E-state index in [0.29, 0.717) is 11.8 Å². The number of alkyl halides is 1. The third-order valence-corrected chi connectivity index (χ3v) is 3.52. The van der Waals surface area contributed by atoms with Crippen molar-refractivity contribution in [2.24, 2.45) is 11.8 Å². The fraction of sp³-hybridized carbons (Fsp3) is 0.846. The summed E-state index contributed by atoms with van der Waals surface area (Å²) in [4.78, 5) is 0. The highest BCUT2D eigenvalue weighted by molar-refractivity contribution is 6.19. The van der Waals surface area contributed by atoms with Crippen molar-refractivity contribution in [2.45, 2.75) is 39.0 Å². The van der Waals surface area contributed by atoms with E-state index in [0.717, 1.165) is 12.5 Å². The third kappa shape index (κ3) is 4.56. The normalized spacial score (nSPS) is 21.7. The minimum atomic E-state index is 0.491. The van der Waals surface area contributed by atoms with Gasteiger partial charge < -0.3 is 4.74 Å². The molecule has 1 unspecified atom stereocenters. The second kappa shape index (κ2) is 7.29. The monoisotopic (exact) mass is 230 g/mol. The largest absolute Gasteiger partial charge is 0.384 e. The van der Waals surface area contributed by atoms with Crippen molar-refractivity contribution < 1.29 is 4.74 Å². The molecule has 0 aliphatic heterocycles. The first-order valence-electron chi connectivity index (χ1n) is 6.03. The Morgan fingerprint density at radius 2 is 2.07 bits per heavy atom. The number of hydrogen-bond acceptors (Lipinski definition) is 1. The summed E-state index contributed by atoms with van der Waals surface area (Å²) in [5, 5.41) is 0. The maximum absolute atomic E-state index is 6.04. The van der Waals surface area contributed by atoms with Crippen LogP contribution in [0.25, 0.3) is 0 Å². The van der Waals surface area contributed by atoms with Crippen molar-refractivity contribution in [3.63, 3.8) is 0 Å². The molecule has 0 aromatic rings. The van der Waals surface area contributed by atoms with Gasteiger partial charge in [-0.15, -0.1) is 11.6 Å². The van der Waals surface area contributed by atoms with Crippen LogP contribution in [0.15, 0.2) is 11.6 Å². The van der Waals surface area contributed by atoms with Crippen molar-refractivity contribution in [3.05, 3.63) is 11.6 Å². The third-order valence-electron chi connectivity index (χ3n) is 3.21. The van der Waals surface area contributed by atoms with E-state index in [1.165, 1.54) is 37.7 Å². The molecular formula is C13H23ClO. The first kappa shape index (κ1) is 13.1. The Hall–Kier alpha value is -0.0100. The molecule has 88 valence electrons. The fourth-order valence-electron chi connectivity index (χ4n) is 2.44.